The van der Waals surface area contributed by atoms with Crippen LogP contribution >= 0.6 is 0 Å². The highest BCUT2D eigenvalue weighted by Gasteiger charge is 2.44. The minimum atomic E-state index is -1.60. The summed E-state index contributed by atoms with van der Waals surface area (Å²) in [6, 6.07) is -0.985. The molecule has 10 nitrogen and oxygen atoms in total. The van der Waals surface area contributed by atoms with Gasteiger partial charge in [0.25, 0.3) is 0 Å². The molecule has 1 amide bonds. The summed E-state index contributed by atoms with van der Waals surface area (Å²) in [5.41, 5.74) is 0. The van der Waals surface area contributed by atoms with Crippen molar-refractivity contribution in [1.29, 1.82) is 0 Å². The summed E-state index contributed by atoms with van der Waals surface area (Å²) in [4.78, 5) is 13.0. The van der Waals surface area contributed by atoms with Gasteiger partial charge in [-0.1, -0.05) is 232 Å². The highest BCUT2D eigenvalue weighted by molar-refractivity contribution is 5.76. The van der Waals surface area contributed by atoms with Crippen LogP contribution in [0.25, 0.3) is 0 Å². The number of unbranched alkanes of at least 4 members (excludes halogenated alkanes) is 33. The summed E-state index contributed by atoms with van der Waals surface area (Å²) in [5, 5.41) is 65.3. The van der Waals surface area contributed by atoms with Crippen molar-refractivity contribution >= 4 is 5.91 Å². The van der Waals surface area contributed by atoms with Crippen molar-refractivity contribution in [2.45, 2.75) is 300 Å². The fourth-order valence-electron chi connectivity index (χ4n) is 8.61. The van der Waals surface area contributed by atoms with Crippen LogP contribution in [0.4, 0.5) is 0 Å². The largest absolute Gasteiger partial charge is 0.394 e. The topological polar surface area (TPSA) is 169 Å². The van der Waals surface area contributed by atoms with E-state index in [1.54, 1.807) is 0 Å². The second-order valence-corrected chi connectivity index (χ2v) is 18.5. The molecule has 1 aliphatic heterocycles. The molecule has 0 saturated carbocycles. The fourth-order valence-corrected chi connectivity index (χ4v) is 8.61. The van der Waals surface area contributed by atoms with Gasteiger partial charge in [-0.25, -0.2) is 0 Å². The normalized spacial score (nSPS) is 21.0. The molecular formula is C50H99NO9. The van der Waals surface area contributed by atoms with Crippen LogP contribution in [0, 0.1) is 0 Å². The Balaban J connectivity index is 2.28. The van der Waals surface area contributed by atoms with E-state index in [1.807, 2.05) is 0 Å². The van der Waals surface area contributed by atoms with Gasteiger partial charge in [0.1, 0.15) is 30.5 Å². The second-order valence-electron chi connectivity index (χ2n) is 18.5. The lowest BCUT2D eigenvalue weighted by Gasteiger charge is -2.40. The van der Waals surface area contributed by atoms with E-state index in [0.29, 0.717) is 6.42 Å². The number of aliphatic hydroxyl groups is 6. The van der Waals surface area contributed by atoms with Gasteiger partial charge in [-0.05, 0) is 12.8 Å². The quantitative estimate of drug-likeness (QED) is 0.0295. The first-order chi connectivity index (χ1) is 29.3. The molecule has 0 radical (unpaired) electrons. The Morgan fingerprint density at radius 2 is 0.867 bits per heavy atom. The van der Waals surface area contributed by atoms with E-state index in [0.717, 1.165) is 38.5 Å². The molecule has 10 heteroatoms. The molecule has 0 aromatic rings. The van der Waals surface area contributed by atoms with Crippen LogP contribution in [0.3, 0.4) is 0 Å². The van der Waals surface area contributed by atoms with Crippen molar-refractivity contribution in [1.82, 2.24) is 5.32 Å². The molecule has 1 saturated heterocycles. The van der Waals surface area contributed by atoms with E-state index < -0.39 is 55.6 Å². The zero-order valence-electron chi connectivity index (χ0n) is 39.1. The van der Waals surface area contributed by atoms with Gasteiger partial charge in [0, 0.05) is 6.42 Å². The van der Waals surface area contributed by atoms with Gasteiger partial charge in [0.15, 0.2) is 6.29 Å². The van der Waals surface area contributed by atoms with Crippen LogP contribution in [0.2, 0.25) is 0 Å². The van der Waals surface area contributed by atoms with Crippen molar-refractivity contribution in [2.75, 3.05) is 13.2 Å². The molecule has 0 spiro atoms. The van der Waals surface area contributed by atoms with Crippen molar-refractivity contribution in [3.63, 3.8) is 0 Å². The average molecular weight is 858 g/mol. The van der Waals surface area contributed by atoms with E-state index >= 15 is 0 Å². The SMILES string of the molecule is CCCCCCCCCCCCCCCCCCCCCCCCC(=O)N[C@@H](CO[C@@H]1O[C@H](CO)[C@@H](O)C(O)C1O)[C@H](O)[C@H](O)CCCCCCCCCCCCCCC. The molecule has 0 aromatic carbocycles. The Bertz CT molecular complexity index is 926. The minimum absolute atomic E-state index is 0.252. The summed E-state index contributed by atoms with van der Waals surface area (Å²) in [6.45, 7) is 3.63. The van der Waals surface area contributed by atoms with Gasteiger partial charge >= 0.3 is 0 Å². The van der Waals surface area contributed by atoms with Crippen LogP contribution < -0.4 is 5.32 Å². The summed E-state index contributed by atoms with van der Waals surface area (Å²) in [5.74, 6) is -0.252. The van der Waals surface area contributed by atoms with E-state index in [1.165, 1.54) is 186 Å². The number of nitrogens with one attached hydrogen (secondary N) is 1. The lowest BCUT2D eigenvalue weighted by Crippen LogP contribution is -2.60. The second kappa shape index (κ2) is 40.9. The number of carbonyl (C=O) groups is 1. The minimum Gasteiger partial charge on any atom is -0.394 e. The zero-order chi connectivity index (χ0) is 43.9. The molecule has 8 atom stereocenters. The molecular weight excluding hydrogens is 759 g/mol. The maximum atomic E-state index is 13.0. The third-order valence-corrected chi connectivity index (χ3v) is 12.8. The molecule has 1 aliphatic rings. The number of hydrogen-bond acceptors (Lipinski definition) is 9. The van der Waals surface area contributed by atoms with E-state index in [4.69, 9.17) is 9.47 Å². The van der Waals surface area contributed by atoms with E-state index in [2.05, 4.69) is 19.2 Å². The van der Waals surface area contributed by atoms with Crippen molar-refractivity contribution in [3.8, 4) is 0 Å². The van der Waals surface area contributed by atoms with Crippen molar-refractivity contribution in [3.05, 3.63) is 0 Å². The van der Waals surface area contributed by atoms with Gasteiger partial charge in [0.2, 0.25) is 5.91 Å². The summed E-state index contributed by atoms with van der Waals surface area (Å²) >= 11 is 0. The van der Waals surface area contributed by atoms with Crippen LogP contribution in [-0.2, 0) is 14.3 Å². The Morgan fingerprint density at radius 3 is 1.23 bits per heavy atom. The Labute approximate surface area is 368 Å². The monoisotopic (exact) mass is 858 g/mol. The Morgan fingerprint density at radius 1 is 0.517 bits per heavy atom. The lowest BCUT2D eigenvalue weighted by atomic mass is 9.98. The molecule has 2 unspecified atom stereocenters. The van der Waals surface area contributed by atoms with Gasteiger partial charge in [-0.2, -0.15) is 0 Å². The van der Waals surface area contributed by atoms with E-state index in [9.17, 15) is 35.4 Å². The molecule has 0 bridgehead atoms. The van der Waals surface area contributed by atoms with Crippen molar-refractivity contribution < 1.29 is 44.9 Å². The third kappa shape index (κ3) is 30.3. The molecule has 1 heterocycles. The maximum Gasteiger partial charge on any atom is 0.220 e. The summed E-state index contributed by atoms with van der Waals surface area (Å²) < 4.78 is 11.2. The first-order valence-corrected chi connectivity index (χ1v) is 25.8. The lowest BCUT2D eigenvalue weighted by molar-refractivity contribution is -0.303. The van der Waals surface area contributed by atoms with Gasteiger partial charge in [-0.15, -0.1) is 0 Å². The zero-order valence-corrected chi connectivity index (χ0v) is 39.1. The first-order valence-electron chi connectivity index (χ1n) is 25.8. The summed E-state index contributed by atoms with van der Waals surface area (Å²) in [7, 11) is 0. The highest BCUT2D eigenvalue weighted by atomic mass is 16.7. The molecule has 1 rings (SSSR count). The average Bonchev–Trinajstić information content (AvgIpc) is 3.25. The fraction of sp³-hybridized carbons (Fsp3) is 0.980. The van der Waals surface area contributed by atoms with Crippen molar-refractivity contribution in [2.24, 2.45) is 0 Å². The molecule has 0 aromatic heterocycles. The molecule has 7 N–H and O–H groups in total. The van der Waals surface area contributed by atoms with Gasteiger partial charge < -0.3 is 45.4 Å². The first kappa shape index (κ1) is 57.2. The Kier molecular flexibility index (Phi) is 39.0. The molecule has 1 fully saturated rings. The highest BCUT2D eigenvalue weighted by Crippen LogP contribution is 2.23. The summed E-state index contributed by atoms with van der Waals surface area (Å²) in [6.07, 6.45) is 35.4. The van der Waals surface area contributed by atoms with Crippen LogP contribution in [0.1, 0.15) is 251 Å². The molecule has 0 aliphatic carbocycles. The predicted octanol–water partition coefficient (Wildman–Crippen LogP) is 10.5. The van der Waals surface area contributed by atoms with Crippen LogP contribution in [0.15, 0.2) is 0 Å². The Hall–Kier alpha value is -0.850. The number of carbonyl (C=O) groups excluding carboxylic acids is 1. The molecule has 358 valence electrons. The van der Waals surface area contributed by atoms with Crippen LogP contribution in [-0.4, -0.2) is 98.7 Å². The van der Waals surface area contributed by atoms with E-state index in [-0.39, 0.29) is 18.9 Å². The smallest absolute Gasteiger partial charge is 0.220 e. The number of aliphatic hydroxyl groups excluding tert-OH is 6. The predicted molar refractivity (Wildman–Crippen MR) is 246 cm³/mol. The third-order valence-electron chi connectivity index (χ3n) is 12.8. The standard InChI is InChI=1S/C50H99NO9/c1-3-5-7-9-11-13-15-17-18-19-20-21-22-23-24-25-27-29-31-33-35-37-39-45(54)51-42(41-59-50-49(58)48(57)47(56)44(40-52)60-50)46(55)43(53)38-36-34-32-30-28-26-16-14-12-10-8-6-4-2/h42-44,46-50,52-53,55-58H,3-41H2,1-2H3,(H,51,54)/t42-,43+,44+,46-,47+,48?,49?,50+/m0/s1. The van der Waals surface area contributed by atoms with Gasteiger partial charge in [0.05, 0.1) is 25.4 Å². The van der Waals surface area contributed by atoms with Gasteiger partial charge in [-0.3, -0.25) is 4.79 Å². The number of hydrogen-bond donors (Lipinski definition) is 7. The maximum absolute atomic E-state index is 13.0. The number of ether oxygens (including phenoxy) is 2. The van der Waals surface area contributed by atoms with Crippen LogP contribution in [0.5, 0.6) is 0 Å². The number of amides is 1. The molecule has 60 heavy (non-hydrogen) atoms. The number of rotatable bonds is 44.